The second-order valence-corrected chi connectivity index (χ2v) is 5.96. The van der Waals surface area contributed by atoms with E-state index < -0.39 is 0 Å². The zero-order chi connectivity index (χ0) is 16.4. The van der Waals surface area contributed by atoms with Crippen molar-refractivity contribution in [3.8, 4) is 22.7 Å². The smallest absolute Gasteiger partial charge is 0.153 e. The van der Waals surface area contributed by atoms with Crippen molar-refractivity contribution in [1.82, 2.24) is 19.9 Å². The van der Waals surface area contributed by atoms with E-state index >= 15 is 0 Å². The Morgan fingerprint density at radius 1 is 0.958 bits per heavy atom. The van der Waals surface area contributed by atoms with E-state index in [1.165, 1.54) is 0 Å². The zero-order valence-electron chi connectivity index (χ0n) is 13.6. The van der Waals surface area contributed by atoms with Crippen LogP contribution in [0.4, 0.5) is 5.82 Å². The van der Waals surface area contributed by atoms with Gasteiger partial charge in [0.15, 0.2) is 5.76 Å². The summed E-state index contributed by atoms with van der Waals surface area (Å²) >= 11 is 0. The third kappa shape index (κ3) is 3.00. The van der Waals surface area contributed by atoms with Crippen LogP contribution in [0.1, 0.15) is 0 Å². The molecule has 0 aromatic carbocycles. The average molecular weight is 321 g/mol. The van der Waals surface area contributed by atoms with E-state index in [2.05, 4.69) is 43.9 Å². The van der Waals surface area contributed by atoms with E-state index in [4.69, 9.17) is 4.42 Å². The summed E-state index contributed by atoms with van der Waals surface area (Å²) in [5, 5.41) is 0. The molecule has 4 heterocycles. The molecule has 3 aromatic rings. The van der Waals surface area contributed by atoms with Crippen LogP contribution in [-0.2, 0) is 0 Å². The molecule has 122 valence electrons. The summed E-state index contributed by atoms with van der Waals surface area (Å²) in [6.45, 7) is 4.16. The van der Waals surface area contributed by atoms with Gasteiger partial charge in [0.25, 0.3) is 0 Å². The molecular formula is C18H19N5O. The number of hydrogen-bond donors (Lipinski definition) is 0. The molecule has 3 aromatic heterocycles. The number of pyridine rings is 1. The molecule has 0 atom stereocenters. The standard InChI is InChI=1S/C18H19N5O/c1-22-6-8-23(9-7-22)18-5-4-14(11-20-18)15-12-19-13-16(21-15)17-3-2-10-24-17/h2-5,10-13H,6-9H2,1H3. The first kappa shape index (κ1) is 14.8. The van der Waals surface area contributed by atoms with Crippen molar-refractivity contribution < 1.29 is 4.42 Å². The minimum absolute atomic E-state index is 0.714. The number of furan rings is 1. The Kier molecular flexibility index (Phi) is 3.96. The van der Waals surface area contributed by atoms with Gasteiger partial charge in [0.2, 0.25) is 0 Å². The average Bonchev–Trinajstić information content (AvgIpc) is 3.17. The second-order valence-electron chi connectivity index (χ2n) is 5.96. The lowest BCUT2D eigenvalue weighted by atomic mass is 10.2. The molecule has 0 spiro atoms. The summed E-state index contributed by atoms with van der Waals surface area (Å²) < 4.78 is 5.39. The Labute approximate surface area is 140 Å². The van der Waals surface area contributed by atoms with Gasteiger partial charge in [-0.3, -0.25) is 4.98 Å². The number of aromatic nitrogens is 3. The van der Waals surface area contributed by atoms with Crippen LogP contribution < -0.4 is 4.90 Å². The molecule has 0 N–H and O–H groups in total. The van der Waals surface area contributed by atoms with Gasteiger partial charge in [-0.05, 0) is 31.3 Å². The zero-order valence-corrected chi connectivity index (χ0v) is 13.6. The van der Waals surface area contributed by atoms with Crippen LogP contribution in [0.15, 0.2) is 53.5 Å². The summed E-state index contributed by atoms with van der Waals surface area (Å²) in [6, 6.07) is 7.83. The molecule has 4 rings (SSSR count). The molecule has 6 nitrogen and oxygen atoms in total. The molecule has 0 saturated carbocycles. The summed E-state index contributed by atoms with van der Waals surface area (Å²) in [6.07, 6.45) is 6.95. The SMILES string of the molecule is CN1CCN(c2ccc(-c3cncc(-c4ccco4)n3)cn2)CC1. The topological polar surface area (TPSA) is 58.3 Å². The molecule has 0 amide bonds. The van der Waals surface area contributed by atoms with Gasteiger partial charge in [0, 0.05) is 37.9 Å². The lowest BCUT2D eigenvalue weighted by Gasteiger charge is -2.33. The molecule has 1 saturated heterocycles. The summed E-state index contributed by atoms with van der Waals surface area (Å²) in [4.78, 5) is 18.2. The van der Waals surface area contributed by atoms with Gasteiger partial charge in [-0.1, -0.05) is 0 Å². The number of likely N-dealkylation sites (N-methyl/N-ethyl adjacent to an activating group) is 1. The fraction of sp³-hybridized carbons (Fsp3) is 0.278. The molecule has 0 bridgehead atoms. The van der Waals surface area contributed by atoms with Crippen molar-refractivity contribution in [2.75, 3.05) is 38.1 Å². The van der Waals surface area contributed by atoms with Crippen LogP contribution in [0.5, 0.6) is 0 Å². The van der Waals surface area contributed by atoms with Crippen molar-refractivity contribution in [2.45, 2.75) is 0 Å². The number of piperazine rings is 1. The van der Waals surface area contributed by atoms with Gasteiger partial charge in [-0.2, -0.15) is 0 Å². The second kappa shape index (κ2) is 6.41. The van der Waals surface area contributed by atoms with E-state index in [0.717, 1.165) is 48.9 Å². The Bertz CT molecular complexity index is 793. The third-order valence-electron chi connectivity index (χ3n) is 4.28. The first-order valence-corrected chi connectivity index (χ1v) is 8.05. The van der Waals surface area contributed by atoms with Gasteiger partial charge in [0.05, 0.1) is 24.4 Å². The minimum atomic E-state index is 0.714. The van der Waals surface area contributed by atoms with Crippen molar-refractivity contribution in [3.05, 3.63) is 49.1 Å². The monoisotopic (exact) mass is 321 g/mol. The van der Waals surface area contributed by atoms with Gasteiger partial charge < -0.3 is 14.2 Å². The highest BCUT2D eigenvalue weighted by Crippen LogP contribution is 2.23. The van der Waals surface area contributed by atoms with Crippen LogP contribution in [0, 0.1) is 0 Å². The van der Waals surface area contributed by atoms with E-state index in [0.29, 0.717) is 5.76 Å². The van der Waals surface area contributed by atoms with Gasteiger partial charge in [0.1, 0.15) is 11.5 Å². The molecule has 0 unspecified atom stereocenters. The van der Waals surface area contributed by atoms with Crippen LogP contribution >= 0.6 is 0 Å². The summed E-state index contributed by atoms with van der Waals surface area (Å²) in [7, 11) is 2.15. The normalized spacial score (nSPS) is 15.6. The van der Waals surface area contributed by atoms with Crippen molar-refractivity contribution in [1.29, 1.82) is 0 Å². The number of nitrogens with zero attached hydrogens (tertiary/aromatic N) is 5. The van der Waals surface area contributed by atoms with E-state index in [1.54, 1.807) is 18.7 Å². The van der Waals surface area contributed by atoms with E-state index in [1.807, 2.05) is 18.3 Å². The predicted octanol–water partition coefficient (Wildman–Crippen LogP) is 2.55. The third-order valence-corrected chi connectivity index (χ3v) is 4.28. The fourth-order valence-electron chi connectivity index (χ4n) is 2.81. The minimum Gasteiger partial charge on any atom is -0.463 e. The quantitative estimate of drug-likeness (QED) is 0.739. The lowest BCUT2D eigenvalue weighted by Crippen LogP contribution is -2.44. The van der Waals surface area contributed by atoms with Crippen LogP contribution in [0.2, 0.25) is 0 Å². The van der Waals surface area contributed by atoms with Gasteiger partial charge >= 0.3 is 0 Å². The highest BCUT2D eigenvalue weighted by Gasteiger charge is 2.15. The highest BCUT2D eigenvalue weighted by atomic mass is 16.3. The van der Waals surface area contributed by atoms with Crippen LogP contribution in [0.25, 0.3) is 22.7 Å². The van der Waals surface area contributed by atoms with E-state index in [9.17, 15) is 0 Å². The Morgan fingerprint density at radius 2 is 1.79 bits per heavy atom. The Hall–Kier alpha value is -2.73. The number of rotatable bonds is 3. The number of anilines is 1. The maximum Gasteiger partial charge on any atom is 0.153 e. The van der Waals surface area contributed by atoms with Crippen LogP contribution in [-0.4, -0.2) is 53.1 Å². The van der Waals surface area contributed by atoms with Crippen molar-refractivity contribution in [2.24, 2.45) is 0 Å². The molecule has 24 heavy (non-hydrogen) atoms. The largest absolute Gasteiger partial charge is 0.463 e. The fourth-order valence-corrected chi connectivity index (χ4v) is 2.81. The van der Waals surface area contributed by atoms with Crippen LogP contribution in [0.3, 0.4) is 0 Å². The van der Waals surface area contributed by atoms with Crippen molar-refractivity contribution >= 4 is 5.82 Å². The van der Waals surface area contributed by atoms with Gasteiger partial charge in [-0.15, -0.1) is 0 Å². The predicted molar refractivity (Wildman–Crippen MR) is 92.7 cm³/mol. The summed E-state index contributed by atoms with van der Waals surface area (Å²) in [5.41, 5.74) is 2.47. The molecule has 1 aliphatic heterocycles. The number of hydrogen-bond acceptors (Lipinski definition) is 6. The maximum absolute atomic E-state index is 5.39. The molecule has 0 aliphatic carbocycles. The summed E-state index contributed by atoms with van der Waals surface area (Å²) in [5.74, 6) is 1.73. The highest BCUT2D eigenvalue weighted by molar-refractivity contribution is 5.62. The Morgan fingerprint density at radius 3 is 2.50 bits per heavy atom. The Balaban J connectivity index is 1.56. The molecule has 1 aliphatic rings. The van der Waals surface area contributed by atoms with E-state index in [-0.39, 0.29) is 0 Å². The van der Waals surface area contributed by atoms with Gasteiger partial charge in [-0.25, -0.2) is 9.97 Å². The first-order chi connectivity index (χ1) is 11.8. The molecular weight excluding hydrogens is 302 g/mol. The maximum atomic E-state index is 5.39. The van der Waals surface area contributed by atoms with Crippen molar-refractivity contribution in [3.63, 3.8) is 0 Å². The molecule has 0 radical (unpaired) electrons. The molecule has 6 heteroatoms. The first-order valence-electron chi connectivity index (χ1n) is 8.05. The lowest BCUT2D eigenvalue weighted by molar-refractivity contribution is 0.312. The molecule has 1 fully saturated rings.